The van der Waals surface area contributed by atoms with Crippen molar-refractivity contribution in [2.75, 3.05) is 6.54 Å². The number of nitrogens with two attached hydrogens (primary N) is 1. The lowest BCUT2D eigenvalue weighted by molar-refractivity contribution is 0.0941. The molecule has 14 heavy (non-hydrogen) atoms. The number of halogens is 1. The number of amides is 1. The summed E-state index contributed by atoms with van der Waals surface area (Å²) in [7, 11) is 0. The van der Waals surface area contributed by atoms with Gasteiger partial charge in [0.25, 0.3) is 5.91 Å². The van der Waals surface area contributed by atoms with E-state index in [-0.39, 0.29) is 30.0 Å². The Bertz CT molecular complexity index is 300. The van der Waals surface area contributed by atoms with Gasteiger partial charge in [-0.15, -0.1) is 12.4 Å². The van der Waals surface area contributed by atoms with Gasteiger partial charge < -0.3 is 11.1 Å². The Morgan fingerprint density at radius 2 is 2.29 bits per heavy atom. The zero-order valence-corrected chi connectivity index (χ0v) is 8.80. The monoisotopic (exact) mass is 220 g/mol. The highest BCUT2D eigenvalue weighted by atomic mass is 35.5. The van der Waals surface area contributed by atoms with Crippen molar-refractivity contribution in [3.05, 3.63) is 11.4 Å². The van der Waals surface area contributed by atoms with E-state index in [0.29, 0.717) is 12.2 Å². The molecule has 0 radical (unpaired) electrons. The number of rotatable bonds is 3. The SMILES string of the molecule is Cc1nonc1C(=O)NCC(C)N.Cl. The minimum Gasteiger partial charge on any atom is -0.349 e. The maximum Gasteiger partial charge on any atom is 0.275 e. The van der Waals surface area contributed by atoms with Crippen LogP contribution in [0.2, 0.25) is 0 Å². The molecule has 0 aliphatic heterocycles. The molecule has 1 heterocycles. The quantitative estimate of drug-likeness (QED) is 0.741. The second-order valence-electron chi connectivity index (χ2n) is 2.89. The molecule has 0 aliphatic rings. The zero-order valence-electron chi connectivity index (χ0n) is 7.98. The zero-order chi connectivity index (χ0) is 9.84. The van der Waals surface area contributed by atoms with Gasteiger partial charge in [0.05, 0.1) is 0 Å². The van der Waals surface area contributed by atoms with Crippen LogP contribution in [0.1, 0.15) is 23.1 Å². The third-order valence-corrected chi connectivity index (χ3v) is 1.45. The number of hydrogen-bond donors (Lipinski definition) is 2. The number of nitrogens with zero attached hydrogens (tertiary/aromatic N) is 2. The van der Waals surface area contributed by atoms with Crippen molar-refractivity contribution in [2.45, 2.75) is 19.9 Å². The fourth-order valence-corrected chi connectivity index (χ4v) is 0.775. The molecule has 0 fully saturated rings. The fourth-order valence-electron chi connectivity index (χ4n) is 0.775. The summed E-state index contributed by atoms with van der Waals surface area (Å²) in [6, 6.07) is -0.0795. The lowest BCUT2D eigenvalue weighted by Crippen LogP contribution is -2.35. The topological polar surface area (TPSA) is 94.0 Å². The molecule has 80 valence electrons. The highest BCUT2D eigenvalue weighted by Gasteiger charge is 2.14. The van der Waals surface area contributed by atoms with E-state index in [0.717, 1.165) is 0 Å². The predicted molar refractivity (Wildman–Crippen MR) is 52.3 cm³/mol. The molecule has 1 amide bonds. The van der Waals surface area contributed by atoms with Crippen LogP contribution in [0.3, 0.4) is 0 Å². The van der Waals surface area contributed by atoms with Gasteiger partial charge in [-0.05, 0) is 19.0 Å². The normalized spacial score (nSPS) is 11.6. The fraction of sp³-hybridized carbons (Fsp3) is 0.571. The smallest absolute Gasteiger partial charge is 0.275 e. The summed E-state index contributed by atoms with van der Waals surface area (Å²) in [5.41, 5.74) is 6.14. The highest BCUT2D eigenvalue weighted by molar-refractivity contribution is 5.92. The molecule has 0 aromatic carbocycles. The Morgan fingerprint density at radius 1 is 1.64 bits per heavy atom. The molecule has 1 aromatic heterocycles. The van der Waals surface area contributed by atoms with E-state index in [9.17, 15) is 4.79 Å². The van der Waals surface area contributed by atoms with Crippen LogP contribution in [-0.4, -0.2) is 28.8 Å². The molecule has 7 heteroatoms. The van der Waals surface area contributed by atoms with Crippen molar-refractivity contribution in [3.63, 3.8) is 0 Å². The van der Waals surface area contributed by atoms with Crippen LogP contribution < -0.4 is 11.1 Å². The van der Waals surface area contributed by atoms with Gasteiger partial charge in [-0.3, -0.25) is 4.79 Å². The predicted octanol–water partition coefficient (Wildman–Crippen LogP) is -0.123. The van der Waals surface area contributed by atoms with E-state index in [4.69, 9.17) is 5.73 Å². The maximum absolute atomic E-state index is 11.3. The molecule has 3 N–H and O–H groups in total. The summed E-state index contributed by atoms with van der Waals surface area (Å²) >= 11 is 0. The Hall–Kier alpha value is -1.14. The van der Waals surface area contributed by atoms with E-state index in [2.05, 4.69) is 20.3 Å². The van der Waals surface area contributed by atoms with Gasteiger partial charge in [-0.25, -0.2) is 4.63 Å². The molecule has 1 unspecified atom stereocenters. The van der Waals surface area contributed by atoms with E-state index in [1.54, 1.807) is 13.8 Å². The first kappa shape index (κ1) is 12.9. The molecule has 1 aromatic rings. The Kier molecular flexibility index (Phi) is 5.11. The second-order valence-corrected chi connectivity index (χ2v) is 2.89. The minimum atomic E-state index is -0.309. The molecule has 0 saturated heterocycles. The van der Waals surface area contributed by atoms with Gasteiger partial charge in [0, 0.05) is 12.6 Å². The molecule has 0 saturated carbocycles. The molecular formula is C7H13ClN4O2. The average Bonchev–Trinajstić information content (AvgIpc) is 2.47. The van der Waals surface area contributed by atoms with E-state index >= 15 is 0 Å². The number of aryl methyl sites for hydroxylation is 1. The first-order chi connectivity index (χ1) is 6.11. The van der Waals surface area contributed by atoms with Crippen LogP contribution in [0, 0.1) is 6.92 Å². The molecule has 1 atom stereocenters. The second kappa shape index (κ2) is 5.56. The van der Waals surface area contributed by atoms with Crippen LogP contribution in [0.4, 0.5) is 0 Å². The van der Waals surface area contributed by atoms with Crippen molar-refractivity contribution >= 4 is 18.3 Å². The Labute approximate surface area is 87.6 Å². The van der Waals surface area contributed by atoms with Gasteiger partial charge in [-0.1, -0.05) is 5.16 Å². The first-order valence-corrected chi connectivity index (χ1v) is 3.94. The standard InChI is InChI=1S/C7H12N4O2.ClH/c1-4(8)3-9-7(12)6-5(2)10-13-11-6;/h4H,3,8H2,1-2H3,(H,9,12);1H. The summed E-state index contributed by atoms with van der Waals surface area (Å²) in [6.45, 7) is 3.86. The lowest BCUT2D eigenvalue weighted by Gasteiger charge is -2.05. The summed E-state index contributed by atoms with van der Waals surface area (Å²) < 4.78 is 4.38. The van der Waals surface area contributed by atoms with Crippen molar-refractivity contribution in [2.24, 2.45) is 5.73 Å². The van der Waals surface area contributed by atoms with Crippen LogP contribution in [0.15, 0.2) is 4.63 Å². The number of carbonyl (C=O) groups is 1. The maximum atomic E-state index is 11.3. The molecular weight excluding hydrogens is 208 g/mol. The average molecular weight is 221 g/mol. The van der Waals surface area contributed by atoms with Crippen molar-refractivity contribution < 1.29 is 9.42 Å². The van der Waals surface area contributed by atoms with Gasteiger partial charge in [0.2, 0.25) is 0 Å². The highest BCUT2D eigenvalue weighted by Crippen LogP contribution is 1.99. The van der Waals surface area contributed by atoms with Crippen molar-refractivity contribution in [3.8, 4) is 0 Å². The van der Waals surface area contributed by atoms with E-state index < -0.39 is 0 Å². The Morgan fingerprint density at radius 3 is 2.71 bits per heavy atom. The van der Waals surface area contributed by atoms with Gasteiger partial charge in [0.15, 0.2) is 5.69 Å². The summed E-state index contributed by atoms with van der Waals surface area (Å²) in [5.74, 6) is -0.309. The van der Waals surface area contributed by atoms with Crippen LogP contribution in [-0.2, 0) is 0 Å². The van der Waals surface area contributed by atoms with Gasteiger partial charge >= 0.3 is 0 Å². The van der Waals surface area contributed by atoms with Crippen LogP contribution in [0.25, 0.3) is 0 Å². The summed E-state index contributed by atoms with van der Waals surface area (Å²) in [4.78, 5) is 11.3. The largest absolute Gasteiger partial charge is 0.349 e. The number of carbonyl (C=O) groups excluding carboxylic acids is 1. The van der Waals surface area contributed by atoms with E-state index in [1.807, 2.05) is 0 Å². The third kappa shape index (κ3) is 3.31. The third-order valence-electron chi connectivity index (χ3n) is 1.45. The number of aromatic nitrogens is 2. The van der Waals surface area contributed by atoms with Gasteiger partial charge in [0.1, 0.15) is 5.69 Å². The molecule has 0 spiro atoms. The molecule has 0 aliphatic carbocycles. The lowest BCUT2D eigenvalue weighted by atomic mass is 10.3. The molecule has 1 rings (SSSR count). The minimum absolute atomic E-state index is 0. The Balaban J connectivity index is 0.00000169. The van der Waals surface area contributed by atoms with Crippen molar-refractivity contribution in [1.29, 1.82) is 0 Å². The van der Waals surface area contributed by atoms with Crippen LogP contribution in [0.5, 0.6) is 0 Å². The van der Waals surface area contributed by atoms with Crippen LogP contribution >= 0.6 is 12.4 Å². The molecule has 0 bridgehead atoms. The number of hydrogen-bond acceptors (Lipinski definition) is 5. The first-order valence-electron chi connectivity index (χ1n) is 3.94. The number of nitrogens with one attached hydrogen (secondary N) is 1. The summed E-state index contributed by atoms with van der Waals surface area (Å²) in [6.07, 6.45) is 0. The van der Waals surface area contributed by atoms with E-state index in [1.165, 1.54) is 0 Å². The summed E-state index contributed by atoms with van der Waals surface area (Å²) in [5, 5.41) is 9.54. The van der Waals surface area contributed by atoms with Gasteiger partial charge in [-0.2, -0.15) is 0 Å². The van der Waals surface area contributed by atoms with Crippen molar-refractivity contribution in [1.82, 2.24) is 15.6 Å². The molecule has 6 nitrogen and oxygen atoms in total.